The van der Waals surface area contributed by atoms with Crippen LogP contribution in [-0.2, 0) is 6.54 Å². The number of aromatic nitrogens is 1. The molecule has 2 N–H and O–H groups in total. The van der Waals surface area contributed by atoms with E-state index < -0.39 is 0 Å². The molecule has 0 saturated carbocycles. The molecule has 4 rings (SSSR count). The Bertz CT molecular complexity index is 806. The first-order chi connectivity index (χ1) is 13.5. The van der Waals surface area contributed by atoms with Crippen LogP contribution in [0.2, 0.25) is 0 Å². The second kappa shape index (κ2) is 7.53. The number of urea groups is 1. The topological polar surface area (TPSA) is 68.7 Å². The van der Waals surface area contributed by atoms with E-state index in [-0.39, 0.29) is 36.2 Å². The Morgan fingerprint density at radius 1 is 1.25 bits per heavy atom. The van der Waals surface area contributed by atoms with Crippen molar-refractivity contribution in [3.8, 4) is 0 Å². The number of likely N-dealkylation sites (tertiary alicyclic amines) is 2. The summed E-state index contributed by atoms with van der Waals surface area (Å²) >= 11 is 0. The smallest absolute Gasteiger partial charge is 0.317 e. The number of carbonyl (C=O) groups is 1. The molecule has 1 spiro atoms. The average molecular weight is 380 g/mol. The highest BCUT2D eigenvalue weighted by molar-refractivity contribution is 5.76. The van der Waals surface area contributed by atoms with Gasteiger partial charge >= 0.3 is 6.03 Å². The maximum Gasteiger partial charge on any atom is 0.317 e. The van der Waals surface area contributed by atoms with Gasteiger partial charge in [-0.05, 0) is 31.0 Å². The molecule has 148 valence electrons. The Morgan fingerprint density at radius 2 is 2.00 bits per heavy atom. The van der Waals surface area contributed by atoms with Crippen molar-refractivity contribution in [1.82, 2.24) is 20.1 Å². The average Bonchev–Trinajstić information content (AvgIpc) is 2.65. The summed E-state index contributed by atoms with van der Waals surface area (Å²) in [6.45, 7) is 6.10. The monoisotopic (exact) mass is 380 g/mol. The number of hydrogen-bond donors (Lipinski definition) is 2. The van der Waals surface area contributed by atoms with E-state index in [0.717, 1.165) is 12.1 Å². The number of nitrogens with one attached hydrogen (secondary N) is 1. The summed E-state index contributed by atoms with van der Waals surface area (Å²) in [7, 11) is 0. The fourth-order valence-electron chi connectivity index (χ4n) is 4.80. The lowest BCUT2D eigenvalue weighted by molar-refractivity contribution is -0.183. The summed E-state index contributed by atoms with van der Waals surface area (Å²) in [6.07, 6.45) is 3.65. The van der Waals surface area contributed by atoms with Crippen molar-refractivity contribution in [3.05, 3.63) is 66.0 Å². The zero-order valence-corrected chi connectivity index (χ0v) is 16.5. The number of pyridine rings is 1. The van der Waals surface area contributed by atoms with E-state index in [1.54, 1.807) is 6.20 Å². The molecule has 1 aromatic carbocycles. The summed E-state index contributed by atoms with van der Waals surface area (Å²) in [6, 6.07) is 14.5. The van der Waals surface area contributed by atoms with Crippen LogP contribution in [0.4, 0.5) is 4.79 Å². The number of amides is 2. The Balaban J connectivity index is 1.59. The molecular weight excluding hydrogens is 352 g/mol. The third kappa shape index (κ3) is 3.16. The summed E-state index contributed by atoms with van der Waals surface area (Å²) in [5.41, 5.74) is 2.21. The molecule has 1 aromatic heterocycles. The summed E-state index contributed by atoms with van der Waals surface area (Å²) in [5, 5.41) is 13.1. The lowest BCUT2D eigenvalue weighted by Crippen LogP contribution is -2.85. The maximum absolute atomic E-state index is 12.5. The van der Waals surface area contributed by atoms with Gasteiger partial charge in [0.1, 0.15) is 0 Å². The normalized spacial score (nSPS) is 23.4. The second-order valence-electron chi connectivity index (χ2n) is 8.19. The van der Waals surface area contributed by atoms with Crippen LogP contribution < -0.4 is 5.32 Å². The first-order valence-corrected chi connectivity index (χ1v) is 9.92. The maximum atomic E-state index is 12.5. The molecule has 6 heteroatoms. The molecule has 0 bridgehead atoms. The van der Waals surface area contributed by atoms with Gasteiger partial charge in [0, 0.05) is 50.0 Å². The van der Waals surface area contributed by atoms with Crippen molar-refractivity contribution in [2.45, 2.75) is 43.9 Å². The van der Waals surface area contributed by atoms with Crippen LogP contribution in [0.25, 0.3) is 0 Å². The molecule has 2 aliphatic rings. The summed E-state index contributed by atoms with van der Waals surface area (Å²) in [4.78, 5) is 20.9. The van der Waals surface area contributed by atoms with Crippen molar-refractivity contribution in [3.63, 3.8) is 0 Å². The fraction of sp³-hybridized carbons (Fsp3) is 0.455. The number of aliphatic hydroxyl groups excluding tert-OH is 1. The van der Waals surface area contributed by atoms with Gasteiger partial charge in [-0.2, -0.15) is 0 Å². The third-order valence-electron chi connectivity index (χ3n) is 5.99. The first-order valence-electron chi connectivity index (χ1n) is 9.92. The Labute approximate surface area is 166 Å². The quantitative estimate of drug-likeness (QED) is 0.835. The van der Waals surface area contributed by atoms with Gasteiger partial charge in [0.2, 0.25) is 0 Å². The van der Waals surface area contributed by atoms with E-state index in [2.05, 4.69) is 33.4 Å². The van der Waals surface area contributed by atoms with Gasteiger partial charge in [-0.25, -0.2) is 4.79 Å². The zero-order chi connectivity index (χ0) is 19.7. The third-order valence-corrected chi connectivity index (χ3v) is 5.99. The molecule has 2 saturated heterocycles. The highest BCUT2D eigenvalue weighted by Crippen LogP contribution is 2.54. The Kier molecular flexibility index (Phi) is 5.08. The lowest BCUT2D eigenvalue weighted by Gasteiger charge is -2.70. The van der Waals surface area contributed by atoms with Crippen LogP contribution in [0.5, 0.6) is 0 Å². The van der Waals surface area contributed by atoms with Crippen LogP contribution in [0.15, 0.2) is 54.9 Å². The van der Waals surface area contributed by atoms with Crippen molar-refractivity contribution >= 4 is 6.03 Å². The highest BCUT2D eigenvalue weighted by Gasteiger charge is 2.66. The van der Waals surface area contributed by atoms with Crippen molar-refractivity contribution < 1.29 is 9.90 Å². The minimum Gasteiger partial charge on any atom is -0.395 e. The van der Waals surface area contributed by atoms with E-state index in [1.165, 1.54) is 5.56 Å². The summed E-state index contributed by atoms with van der Waals surface area (Å²) in [5.74, 6) is 0.207. The van der Waals surface area contributed by atoms with Gasteiger partial charge in [-0.15, -0.1) is 0 Å². The van der Waals surface area contributed by atoms with Gasteiger partial charge in [-0.3, -0.25) is 9.88 Å². The van der Waals surface area contributed by atoms with E-state index in [1.807, 2.05) is 49.2 Å². The molecule has 6 nitrogen and oxygen atoms in total. The largest absolute Gasteiger partial charge is 0.395 e. The van der Waals surface area contributed by atoms with Crippen molar-refractivity contribution in [2.24, 2.45) is 0 Å². The number of nitrogens with zero attached hydrogens (tertiary/aromatic N) is 3. The standard InChI is InChI=1S/C22H28N4O2/c1-16(2)24-21(28)25-14-22(15-25)20(18-8-4-3-5-9-18)19(13-27)26(22)12-17-7-6-10-23-11-17/h3-11,16,19-20,27H,12-15H2,1-2H3,(H,24,28)/t19-,20+/m1/s1. The number of carbonyl (C=O) groups excluding carboxylic acids is 1. The van der Waals surface area contributed by atoms with Crippen LogP contribution in [0.1, 0.15) is 30.9 Å². The van der Waals surface area contributed by atoms with Crippen LogP contribution >= 0.6 is 0 Å². The second-order valence-corrected chi connectivity index (χ2v) is 8.19. The van der Waals surface area contributed by atoms with Crippen LogP contribution in [-0.4, -0.2) is 63.2 Å². The van der Waals surface area contributed by atoms with E-state index >= 15 is 0 Å². The molecule has 2 fully saturated rings. The number of benzene rings is 1. The molecule has 2 amide bonds. The minimum absolute atomic E-state index is 0.0128. The van der Waals surface area contributed by atoms with E-state index in [9.17, 15) is 9.90 Å². The molecule has 2 atom stereocenters. The van der Waals surface area contributed by atoms with Gasteiger partial charge in [0.15, 0.2) is 0 Å². The molecule has 2 aliphatic heterocycles. The number of rotatable bonds is 5. The SMILES string of the molecule is CC(C)NC(=O)N1CC2(C1)[C@@H](c1ccccc1)[C@@H](CO)N2Cc1cccnc1. The molecule has 0 aliphatic carbocycles. The predicted molar refractivity (Wildman–Crippen MR) is 108 cm³/mol. The van der Waals surface area contributed by atoms with Gasteiger partial charge in [0.25, 0.3) is 0 Å². The number of aliphatic hydroxyl groups is 1. The highest BCUT2D eigenvalue weighted by atomic mass is 16.3. The fourth-order valence-corrected chi connectivity index (χ4v) is 4.80. The first kappa shape index (κ1) is 18.9. The Hall–Kier alpha value is -2.44. The van der Waals surface area contributed by atoms with Crippen molar-refractivity contribution in [2.75, 3.05) is 19.7 Å². The molecule has 0 unspecified atom stereocenters. The molecule has 0 radical (unpaired) electrons. The molecular formula is C22H28N4O2. The van der Waals surface area contributed by atoms with Crippen molar-refractivity contribution in [1.29, 1.82) is 0 Å². The zero-order valence-electron chi connectivity index (χ0n) is 16.5. The lowest BCUT2D eigenvalue weighted by atomic mass is 9.60. The van der Waals surface area contributed by atoms with E-state index in [0.29, 0.717) is 13.1 Å². The van der Waals surface area contributed by atoms with Gasteiger partial charge < -0.3 is 15.3 Å². The molecule has 28 heavy (non-hydrogen) atoms. The molecule has 2 aromatic rings. The predicted octanol–water partition coefficient (Wildman–Crippen LogP) is 2.21. The Morgan fingerprint density at radius 3 is 2.61 bits per heavy atom. The van der Waals surface area contributed by atoms with Gasteiger partial charge in [-0.1, -0.05) is 36.4 Å². The summed E-state index contributed by atoms with van der Waals surface area (Å²) < 4.78 is 0. The van der Waals surface area contributed by atoms with Crippen LogP contribution in [0.3, 0.4) is 0 Å². The molecule has 3 heterocycles. The number of hydrogen-bond acceptors (Lipinski definition) is 4. The van der Waals surface area contributed by atoms with E-state index in [4.69, 9.17) is 0 Å². The minimum atomic E-state index is -0.140. The van der Waals surface area contributed by atoms with Crippen LogP contribution in [0, 0.1) is 0 Å². The van der Waals surface area contributed by atoms with Gasteiger partial charge in [0.05, 0.1) is 12.1 Å².